The van der Waals surface area contributed by atoms with Gasteiger partial charge in [-0.05, 0) is 31.6 Å². The van der Waals surface area contributed by atoms with Gasteiger partial charge in [0.1, 0.15) is 0 Å². The van der Waals surface area contributed by atoms with Crippen LogP contribution in [0.2, 0.25) is 0 Å². The second-order valence-electron chi connectivity index (χ2n) is 5.77. The van der Waals surface area contributed by atoms with E-state index in [2.05, 4.69) is 4.72 Å². The molecule has 2 saturated carbocycles. The van der Waals surface area contributed by atoms with Gasteiger partial charge in [-0.25, -0.2) is 13.1 Å². The van der Waals surface area contributed by atoms with Crippen LogP contribution in [0.5, 0.6) is 0 Å². The summed E-state index contributed by atoms with van der Waals surface area (Å²) < 4.78 is 27.0. The normalized spacial score (nSPS) is 31.4. The average Bonchev–Trinajstić information content (AvgIpc) is 2.39. The zero-order chi connectivity index (χ0) is 13.0. The second kappa shape index (κ2) is 6.35. The zero-order valence-electron chi connectivity index (χ0n) is 11.0. The summed E-state index contributed by atoms with van der Waals surface area (Å²) in [7, 11) is -3.17. The SMILES string of the molecule is O=S(=O)(NCC1CCCCC1O)C1CCCCC1. The smallest absolute Gasteiger partial charge is 0.214 e. The van der Waals surface area contributed by atoms with Crippen molar-refractivity contribution in [2.24, 2.45) is 5.92 Å². The minimum atomic E-state index is -3.17. The van der Waals surface area contributed by atoms with Gasteiger partial charge in [0, 0.05) is 6.54 Å². The van der Waals surface area contributed by atoms with E-state index < -0.39 is 10.0 Å². The first kappa shape index (κ1) is 14.3. The quantitative estimate of drug-likeness (QED) is 0.822. The summed E-state index contributed by atoms with van der Waals surface area (Å²) in [6.45, 7) is 0.417. The Balaban J connectivity index is 1.84. The van der Waals surface area contributed by atoms with E-state index in [0.717, 1.165) is 57.8 Å². The van der Waals surface area contributed by atoms with Crippen molar-refractivity contribution in [1.29, 1.82) is 0 Å². The summed E-state index contributed by atoms with van der Waals surface area (Å²) in [5, 5.41) is 9.64. The summed E-state index contributed by atoms with van der Waals surface area (Å²) in [4.78, 5) is 0. The van der Waals surface area contributed by atoms with Crippen molar-refractivity contribution in [2.45, 2.75) is 69.1 Å². The fourth-order valence-corrected chi connectivity index (χ4v) is 4.78. The van der Waals surface area contributed by atoms with Crippen LogP contribution in [-0.4, -0.2) is 31.4 Å². The Morgan fingerprint density at radius 3 is 2.22 bits per heavy atom. The van der Waals surface area contributed by atoms with Crippen molar-refractivity contribution in [2.75, 3.05) is 6.54 Å². The first-order chi connectivity index (χ1) is 8.59. The number of aliphatic hydroxyl groups is 1. The monoisotopic (exact) mass is 275 g/mol. The van der Waals surface area contributed by atoms with Gasteiger partial charge in [0.25, 0.3) is 0 Å². The fourth-order valence-electron chi connectivity index (χ4n) is 3.14. The van der Waals surface area contributed by atoms with E-state index in [1.165, 1.54) is 0 Å². The molecule has 106 valence electrons. The molecule has 2 fully saturated rings. The van der Waals surface area contributed by atoms with Gasteiger partial charge in [0.15, 0.2) is 0 Å². The lowest BCUT2D eigenvalue weighted by Crippen LogP contribution is -2.41. The predicted molar refractivity (Wildman–Crippen MR) is 71.8 cm³/mol. The number of hydrogen-bond acceptors (Lipinski definition) is 3. The first-order valence-corrected chi connectivity index (χ1v) is 8.81. The summed E-state index contributed by atoms with van der Waals surface area (Å²) in [6, 6.07) is 0. The summed E-state index contributed by atoms with van der Waals surface area (Å²) in [5.41, 5.74) is 0. The van der Waals surface area contributed by atoms with Gasteiger partial charge in [-0.3, -0.25) is 0 Å². The summed E-state index contributed by atoms with van der Waals surface area (Å²) >= 11 is 0. The Kier molecular flexibility index (Phi) is 5.04. The standard InChI is InChI=1S/C13H25NO3S/c15-13-9-5-4-6-11(13)10-14-18(16,17)12-7-2-1-3-8-12/h11-15H,1-10H2. The molecule has 0 bridgehead atoms. The molecule has 0 spiro atoms. The maximum Gasteiger partial charge on any atom is 0.214 e. The number of nitrogens with one attached hydrogen (secondary N) is 1. The molecule has 0 amide bonds. The molecule has 0 aromatic heterocycles. The molecule has 2 unspecified atom stereocenters. The van der Waals surface area contributed by atoms with Crippen LogP contribution in [0, 0.1) is 5.92 Å². The summed E-state index contributed by atoms with van der Waals surface area (Å²) in [5.74, 6) is 0.108. The lowest BCUT2D eigenvalue weighted by atomic mass is 9.87. The highest BCUT2D eigenvalue weighted by molar-refractivity contribution is 7.90. The van der Waals surface area contributed by atoms with Crippen molar-refractivity contribution in [3.05, 3.63) is 0 Å². The molecule has 2 aliphatic carbocycles. The van der Waals surface area contributed by atoms with E-state index in [0.29, 0.717) is 6.54 Å². The highest BCUT2D eigenvalue weighted by Crippen LogP contribution is 2.26. The minimum Gasteiger partial charge on any atom is -0.393 e. The van der Waals surface area contributed by atoms with Crippen molar-refractivity contribution >= 4 is 10.0 Å². The zero-order valence-corrected chi connectivity index (χ0v) is 11.8. The third-order valence-corrected chi connectivity index (χ3v) is 6.32. The van der Waals surface area contributed by atoms with Gasteiger partial charge < -0.3 is 5.11 Å². The van der Waals surface area contributed by atoms with Gasteiger partial charge in [0.2, 0.25) is 10.0 Å². The Morgan fingerprint density at radius 1 is 0.944 bits per heavy atom. The average molecular weight is 275 g/mol. The lowest BCUT2D eigenvalue weighted by molar-refractivity contribution is 0.0724. The number of hydrogen-bond donors (Lipinski definition) is 2. The molecule has 0 radical (unpaired) electrons. The number of rotatable bonds is 4. The van der Waals surface area contributed by atoms with Crippen molar-refractivity contribution in [1.82, 2.24) is 4.72 Å². The van der Waals surface area contributed by atoms with Crippen LogP contribution in [0.3, 0.4) is 0 Å². The maximum absolute atomic E-state index is 12.1. The van der Waals surface area contributed by atoms with Crippen LogP contribution in [-0.2, 0) is 10.0 Å². The van der Waals surface area contributed by atoms with Gasteiger partial charge in [-0.1, -0.05) is 32.1 Å². The van der Waals surface area contributed by atoms with Crippen LogP contribution in [0.4, 0.5) is 0 Å². The largest absolute Gasteiger partial charge is 0.393 e. The molecule has 0 saturated heterocycles. The summed E-state index contributed by atoms with van der Waals surface area (Å²) in [6.07, 6.45) is 8.39. The van der Waals surface area contributed by atoms with Crippen LogP contribution in [0.1, 0.15) is 57.8 Å². The van der Waals surface area contributed by atoms with E-state index in [-0.39, 0.29) is 17.3 Å². The molecule has 2 atom stereocenters. The van der Waals surface area contributed by atoms with Gasteiger partial charge in [0.05, 0.1) is 11.4 Å². The van der Waals surface area contributed by atoms with Crippen LogP contribution < -0.4 is 4.72 Å². The highest BCUT2D eigenvalue weighted by atomic mass is 32.2. The van der Waals surface area contributed by atoms with E-state index >= 15 is 0 Å². The molecule has 0 aliphatic heterocycles. The molecule has 18 heavy (non-hydrogen) atoms. The van der Waals surface area contributed by atoms with Crippen LogP contribution >= 0.6 is 0 Å². The highest BCUT2D eigenvalue weighted by Gasteiger charge is 2.29. The van der Waals surface area contributed by atoms with Crippen molar-refractivity contribution in [3.8, 4) is 0 Å². The second-order valence-corrected chi connectivity index (χ2v) is 7.81. The number of aliphatic hydroxyl groups excluding tert-OH is 1. The van der Waals surface area contributed by atoms with E-state index in [1.807, 2.05) is 0 Å². The van der Waals surface area contributed by atoms with Gasteiger partial charge in [-0.2, -0.15) is 0 Å². The maximum atomic E-state index is 12.1. The molecule has 2 aliphatic rings. The molecule has 2 rings (SSSR count). The molecular weight excluding hydrogens is 250 g/mol. The Morgan fingerprint density at radius 2 is 1.56 bits per heavy atom. The third-order valence-electron chi connectivity index (χ3n) is 4.41. The van der Waals surface area contributed by atoms with Gasteiger partial charge >= 0.3 is 0 Å². The first-order valence-electron chi connectivity index (χ1n) is 7.26. The van der Waals surface area contributed by atoms with Gasteiger partial charge in [-0.15, -0.1) is 0 Å². The lowest BCUT2D eigenvalue weighted by Gasteiger charge is -2.29. The van der Waals surface area contributed by atoms with E-state index in [1.54, 1.807) is 0 Å². The van der Waals surface area contributed by atoms with Crippen LogP contribution in [0.15, 0.2) is 0 Å². The molecule has 2 N–H and O–H groups in total. The van der Waals surface area contributed by atoms with E-state index in [9.17, 15) is 13.5 Å². The molecule has 0 aromatic rings. The van der Waals surface area contributed by atoms with Crippen LogP contribution in [0.25, 0.3) is 0 Å². The molecule has 4 nitrogen and oxygen atoms in total. The number of sulfonamides is 1. The topological polar surface area (TPSA) is 66.4 Å². The van der Waals surface area contributed by atoms with Crippen molar-refractivity contribution < 1.29 is 13.5 Å². The Labute approximate surface area is 110 Å². The molecule has 5 heteroatoms. The Hall–Kier alpha value is -0.130. The van der Waals surface area contributed by atoms with Crippen molar-refractivity contribution in [3.63, 3.8) is 0 Å². The third kappa shape index (κ3) is 3.68. The Bertz CT molecular complexity index is 349. The predicted octanol–water partition coefficient (Wildman–Crippen LogP) is 1.79. The molecular formula is C13H25NO3S. The van der Waals surface area contributed by atoms with E-state index in [4.69, 9.17) is 0 Å². The minimum absolute atomic E-state index is 0.108. The fraction of sp³-hybridized carbons (Fsp3) is 1.00. The molecule has 0 aromatic carbocycles. The molecule has 0 heterocycles.